The predicted octanol–water partition coefficient (Wildman–Crippen LogP) is 2.43. The standard InChI is InChI=1S/C14H20N2O2/c15-11-6-10(7-12(16)8-11)9-14(13(17)18)4-2-1-3-5-14/h6-8H,1-5,9,15-16H2,(H,17,18). The minimum absolute atomic E-state index is 0.525. The van der Waals surface area contributed by atoms with E-state index >= 15 is 0 Å². The van der Waals surface area contributed by atoms with Crippen LogP contribution < -0.4 is 11.5 Å². The fourth-order valence-electron chi connectivity index (χ4n) is 2.93. The highest BCUT2D eigenvalue weighted by molar-refractivity contribution is 5.75. The molecule has 1 aliphatic carbocycles. The maximum absolute atomic E-state index is 11.6. The van der Waals surface area contributed by atoms with E-state index in [1.807, 2.05) is 12.1 Å². The van der Waals surface area contributed by atoms with Gasteiger partial charge in [-0.2, -0.15) is 0 Å². The average Bonchev–Trinajstić information content (AvgIpc) is 2.28. The number of hydrogen-bond donors (Lipinski definition) is 3. The number of nitrogens with two attached hydrogens (primary N) is 2. The molecule has 0 spiro atoms. The summed E-state index contributed by atoms with van der Waals surface area (Å²) in [6, 6.07) is 5.35. The second-order valence-corrected chi connectivity index (χ2v) is 5.33. The highest BCUT2D eigenvalue weighted by Crippen LogP contribution is 2.40. The smallest absolute Gasteiger partial charge is 0.309 e. The number of carbonyl (C=O) groups is 1. The number of benzene rings is 1. The van der Waals surface area contributed by atoms with Gasteiger partial charge in [-0.1, -0.05) is 19.3 Å². The minimum Gasteiger partial charge on any atom is -0.481 e. The van der Waals surface area contributed by atoms with E-state index in [0.717, 1.165) is 37.7 Å². The summed E-state index contributed by atoms with van der Waals surface area (Å²) < 4.78 is 0. The van der Waals surface area contributed by atoms with Crippen molar-refractivity contribution in [1.82, 2.24) is 0 Å². The van der Waals surface area contributed by atoms with E-state index in [1.54, 1.807) is 6.07 Å². The van der Waals surface area contributed by atoms with Gasteiger partial charge in [-0.25, -0.2) is 0 Å². The van der Waals surface area contributed by atoms with Crippen molar-refractivity contribution in [1.29, 1.82) is 0 Å². The zero-order valence-electron chi connectivity index (χ0n) is 10.5. The van der Waals surface area contributed by atoms with Gasteiger partial charge in [0, 0.05) is 11.4 Å². The van der Waals surface area contributed by atoms with Gasteiger partial charge in [0.15, 0.2) is 0 Å². The molecule has 1 aromatic carbocycles. The molecule has 1 aliphatic rings. The van der Waals surface area contributed by atoms with Crippen LogP contribution in [0.4, 0.5) is 11.4 Å². The zero-order valence-corrected chi connectivity index (χ0v) is 10.5. The van der Waals surface area contributed by atoms with Crippen LogP contribution in [0.2, 0.25) is 0 Å². The first-order valence-corrected chi connectivity index (χ1v) is 6.40. The first-order chi connectivity index (χ1) is 8.52. The largest absolute Gasteiger partial charge is 0.481 e. The fourth-order valence-corrected chi connectivity index (χ4v) is 2.93. The number of anilines is 2. The molecule has 0 aliphatic heterocycles. The number of hydrogen-bond acceptors (Lipinski definition) is 3. The topological polar surface area (TPSA) is 89.3 Å². The van der Waals surface area contributed by atoms with Crippen LogP contribution in [0, 0.1) is 5.41 Å². The molecule has 2 rings (SSSR count). The Morgan fingerprint density at radius 3 is 2.17 bits per heavy atom. The van der Waals surface area contributed by atoms with Gasteiger partial charge < -0.3 is 16.6 Å². The molecule has 1 aromatic rings. The van der Waals surface area contributed by atoms with Crippen LogP contribution in [-0.2, 0) is 11.2 Å². The second kappa shape index (κ2) is 4.88. The van der Waals surface area contributed by atoms with Crippen LogP contribution in [-0.4, -0.2) is 11.1 Å². The number of carboxylic acid groups (broad SMARTS) is 1. The van der Waals surface area contributed by atoms with E-state index in [1.165, 1.54) is 0 Å². The zero-order chi connectivity index (χ0) is 13.2. The Balaban J connectivity index is 2.25. The van der Waals surface area contributed by atoms with Crippen LogP contribution >= 0.6 is 0 Å². The predicted molar refractivity (Wildman–Crippen MR) is 72.1 cm³/mol. The molecule has 0 bridgehead atoms. The van der Waals surface area contributed by atoms with Crippen LogP contribution in [0.1, 0.15) is 37.7 Å². The van der Waals surface area contributed by atoms with Crippen molar-refractivity contribution >= 4 is 17.3 Å². The molecular formula is C14H20N2O2. The first kappa shape index (κ1) is 12.7. The van der Waals surface area contributed by atoms with E-state index in [-0.39, 0.29) is 0 Å². The molecule has 0 atom stereocenters. The van der Waals surface area contributed by atoms with Crippen LogP contribution in [0.15, 0.2) is 18.2 Å². The van der Waals surface area contributed by atoms with Gasteiger partial charge in [-0.3, -0.25) is 4.79 Å². The summed E-state index contributed by atoms with van der Waals surface area (Å²) >= 11 is 0. The number of nitrogen functional groups attached to an aromatic ring is 2. The lowest BCUT2D eigenvalue weighted by molar-refractivity contribution is -0.151. The lowest BCUT2D eigenvalue weighted by atomic mass is 9.70. The van der Waals surface area contributed by atoms with Gasteiger partial charge in [0.05, 0.1) is 5.41 Å². The minimum atomic E-state index is -0.691. The maximum atomic E-state index is 11.6. The molecule has 0 heterocycles. The Hall–Kier alpha value is -1.71. The van der Waals surface area contributed by atoms with Crippen LogP contribution in [0.25, 0.3) is 0 Å². The molecule has 98 valence electrons. The van der Waals surface area contributed by atoms with Crippen molar-refractivity contribution in [2.24, 2.45) is 5.41 Å². The normalized spacial score (nSPS) is 18.4. The van der Waals surface area contributed by atoms with E-state index < -0.39 is 11.4 Å². The molecule has 18 heavy (non-hydrogen) atoms. The molecule has 0 radical (unpaired) electrons. The summed E-state index contributed by atoms with van der Waals surface area (Å²) in [6.45, 7) is 0. The molecule has 1 saturated carbocycles. The van der Waals surface area contributed by atoms with E-state index in [2.05, 4.69) is 0 Å². The van der Waals surface area contributed by atoms with E-state index in [4.69, 9.17) is 11.5 Å². The van der Waals surface area contributed by atoms with Gasteiger partial charge in [0.2, 0.25) is 0 Å². The molecule has 4 nitrogen and oxygen atoms in total. The maximum Gasteiger partial charge on any atom is 0.309 e. The summed E-state index contributed by atoms with van der Waals surface area (Å²) in [5, 5.41) is 9.53. The first-order valence-electron chi connectivity index (χ1n) is 6.40. The Morgan fingerprint density at radius 2 is 1.67 bits per heavy atom. The van der Waals surface area contributed by atoms with Gasteiger partial charge in [-0.15, -0.1) is 0 Å². The fraction of sp³-hybridized carbons (Fsp3) is 0.500. The Bertz CT molecular complexity index is 431. The molecule has 4 heteroatoms. The third-order valence-corrected chi connectivity index (χ3v) is 3.84. The molecule has 0 aromatic heterocycles. The lowest BCUT2D eigenvalue weighted by Gasteiger charge is -2.33. The van der Waals surface area contributed by atoms with Crippen molar-refractivity contribution in [3.63, 3.8) is 0 Å². The molecule has 0 amide bonds. The second-order valence-electron chi connectivity index (χ2n) is 5.33. The van der Waals surface area contributed by atoms with Crippen molar-refractivity contribution in [3.05, 3.63) is 23.8 Å². The van der Waals surface area contributed by atoms with Gasteiger partial charge >= 0.3 is 5.97 Å². The summed E-state index contributed by atoms with van der Waals surface area (Å²) in [5.41, 5.74) is 13.0. The monoisotopic (exact) mass is 248 g/mol. The summed E-state index contributed by atoms with van der Waals surface area (Å²) in [4.78, 5) is 11.6. The number of rotatable bonds is 3. The highest BCUT2D eigenvalue weighted by atomic mass is 16.4. The van der Waals surface area contributed by atoms with Crippen molar-refractivity contribution in [3.8, 4) is 0 Å². The SMILES string of the molecule is Nc1cc(N)cc(CC2(C(=O)O)CCCCC2)c1. The Labute approximate surface area is 107 Å². The molecule has 0 unspecified atom stereocenters. The van der Waals surface area contributed by atoms with Crippen molar-refractivity contribution < 1.29 is 9.90 Å². The van der Waals surface area contributed by atoms with Gasteiger partial charge in [0.25, 0.3) is 0 Å². The van der Waals surface area contributed by atoms with Gasteiger partial charge in [-0.05, 0) is 43.0 Å². The van der Waals surface area contributed by atoms with E-state index in [9.17, 15) is 9.90 Å². The van der Waals surface area contributed by atoms with E-state index in [0.29, 0.717) is 17.8 Å². The molecular weight excluding hydrogens is 228 g/mol. The van der Waals surface area contributed by atoms with Gasteiger partial charge in [0.1, 0.15) is 0 Å². The third-order valence-electron chi connectivity index (χ3n) is 3.84. The third kappa shape index (κ3) is 2.58. The lowest BCUT2D eigenvalue weighted by Crippen LogP contribution is -2.35. The summed E-state index contributed by atoms with van der Waals surface area (Å²) in [6.07, 6.45) is 5.13. The number of aliphatic carboxylic acids is 1. The van der Waals surface area contributed by atoms with Crippen molar-refractivity contribution in [2.45, 2.75) is 38.5 Å². The summed E-state index contributed by atoms with van der Waals surface area (Å²) in [7, 11) is 0. The van der Waals surface area contributed by atoms with Crippen LogP contribution in [0.3, 0.4) is 0 Å². The Kier molecular flexibility index (Phi) is 3.45. The molecule has 0 saturated heterocycles. The Morgan fingerprint density at radius 1 is 1.11 bits per heavy atom. The molecule has 5 N–H and O–H groups in total. The molecule has 1 fully saturated rings. The van der Waals surface area contributed by atoms with Crippen LogP contribution in [0.5, 0.6) is 0 Å². The highest BCUT2D eigenvalue weighted by Gasteiger charge is 2.39. The van der Waals surface area contributed by atoms with Crippen molar-refractivity contribution in [2.75, 3.05) is 11.5 Å². The number of carboxylic acids is 1. The average molecular weight is 248 g/mol. The summed E-state index contributed by atoms with van der Waals surface area (Å²) in [5.74, 6) is -0.691. The quantitative estimate of drug-likeness (QED) is 0.717.